The molecule has 0 radical (unpaired) electrons. The van der Waals surface area contributed by atoms with Gasteiger partial charge in [-0.3, -0.25) is 9.59 Å². The molecule has 0 unspecified atom stereocenters. The molecule has 4 atom stereocenters. The van der Waals surface area contributed by atoms with Crippen LogP contribution in [0.3, 0.4) is 0 Å². The summed E-state index contributed by atoms with van der Waals surface area (Å²) in [5, 5.41) is 1.82. The molecule has 0 aromatic rings. The second-order valence-electron chi connectivity index (χ2n) is 5.44. The second-order valence-corrected chi connectivity index (χ2v) is 5.44. The molecule has 2 rings (SSSR count). The zero-order valence-corrected chi connectivity index (χ0v) is 12.1. The summed E-state index contributed by atoms with van der Waals surface area (Å²) in [7, 11) is 0. The fourth-order valence-electron chi connectivity index (χ4n) is 2.32. The van der Waals surface area contributed by atoms with Gasteiger partial charge in [0, 0.05) is 6.92 Å². The van der Waals surface area contributed by atoms with E-state index in [1.807, 2.05) is 5.32 Å². The highest BCUT2D eigenvalue weighted by Gasteiger charge is 2.56. The Bertz CT molecular complexity index is 466. The topological polar surface area (TPSA) is 83.1 Å². The first-order chi connectivity index (χ1) is 9.99. The summed E-state index contributed by atoms with van der Waals surface area (Å²) < 4.78 is 58.3. The zero-order valence-electron chi connectivity index (χ0n) is 12.1. The third kappa shape index (κ3) is 3.68. The number of esters is 1. The molecule has 2 saturated heterocycles. The predicted molar refractivity (Wildman–Crippen MR) is 63.3 cm³/mol. The van der Waals surface area contributed by atoms with Crippen LogP contribution in [0.1, 0.15) is 20.8 Å². The number of hydrogen-bond acceptors (Lipinski definition) is 6. The Kier molecular flexibility index (Phi) is 4.37. The summed E-state index contributed by atoms with van der Waals surface area (Å²) in [6.45, 7) is 3.96. The zero-order chi connectivity index (χ0) is 16.7. The van der Waals surface area contributed by atoms with Crippen LogP contribution in [0.15, 0.2) is 0 Å². The summed E-state index contributed by atoms with van der Waals surface area (Å²) >= 11 is 0. The highest BCUT2D eigenvalue weighted by Crippen LogP contribution is 2.37. The second kappa shape index (κ2) is 5.67. The maximum absolute atomic E-state index is 12.4. The van der Waals surface area contributed by atoms with E-state index in [0.717, 1.165) is 6.92 Å². The van der Waals surface area contributed by atoms with Gasteiger partial charge >= 0.3 is 18.1 Å². The number of ether oxygens (including phenoxy) is 4. The summed E-state index contributed by atoms with van der Waals surface area (Å²) in [5.74, 6) is -3.80. The largest absolute Gasteiger partial charge is 0.471 e. The lowest BCUT2D eigenvalue weighted by molar-refractivity contribution is -0.213. The van der Waals surface area contributed by atoms with Crippen LogP contribution in [0.25, 0.3) is 0 Å². The summed E-state index contributed by atoms with van der Waals surface area (Å²) in [6, 6.07) is -1.15. The number of carbonyl (C=O) groups excluding carboxylic acids is 2. The Morgan fingerprint density at radius 3 is 2.45 bits per heavy atom. The lowest BCUT2D eigenvalue weighted by Crippen LogP contribution is -2.53. The van der Waals surface area contributed by atoms with E-state index in [1.165, 1.54) is 0 Å². The molecule has 126 valence electrons. The average Bonchev–Trinajstić information content (AvgIpc) is 2.79. The molecule has 0 aromatic carbocycles. The van der Waals surface area contributed by atoms with E-state index in [2.05, 4.69) is 0 Å². The van der Waals surface area contributed by atoms with Crippen LogP contribution >= 0.6 is 0 Å². The highest BCUT2D eigenvalue weighted by atomic mass is 19.4. The monoisotopic (exact) mass is 327 g/mol. The predicted octanol–water partition coefficient (Wildman–Crippen LogP) is 0.473. The van der Waals surface area contributed by atoms with Crippen LogP contribution < -0.4 is 5.32 Å². The number of amides is 1. The molecule has 22 heavy (non-hydrogen) atoms. The Labute approximate surface area is 124 Å². The van der Waals surface area contributed by atoms with Crippen molar-refractivity contribution in [2.24, 2.45) is 0 Å². The number of alkyl halides is 3. The first-order valence-corrected chi connectivity index (χ1v) is 6.52. The molecule has 0 bridgehead atoms. The van der Waals surface area contributed by atoms with Gasteiger partial charge in [-0.15, -0.1) is 0 Å². The van der Waals surface area contributed by atoms with Crippen molar-refractivity contribution in [1.29, 1.82) is 0 Å². The molecule has 1 amide bonds. The van der Waals surface area contributed by atoms with Crippen LogP contribution in [0, 0.1) is 0 Å². The van der Waals surface area contributed by atoms with Gasteiger partial charge in [-0.05, 0) is 13.8 Å². The third-order valence-corrected chi connectivity index (χ3v) is 3.16. The minimum Gasteiger partial charge on any atom is -0.463 e. The maximum atomic E-state index is 12.4. The smallest absolute Gasteiger partial charge is 0.463 e. The lowest BCUT2D eigenvalue weighted by atomic mass is 10.1. The van der Waals surface area contributed by atoms with Crippen molar-refractivity contribution in [2.75, 3.05) is 6.61 Å². The van der Waals surface area contributed by atoms with Gasteiger partial charge < -0.3 is 24.3 Å². The minimum absolute atomic E-state index is 0.321. The van der Waals surface area contributed by atoms with Crippen molar-refractivity contribution < 1.29 is 41.7 Å². The highest BCUT2D eigenvalue weighted by molar-refractivity contribution is 5.82. The molecule has 2 fully saturated rings. The van der Waals surface area contributed by atoms with Gasteiger partial charge in [-0.25, -0.2) is 0 Å². The Morgan fingerprint density at radius 1 is 1.27 bits per heavy atom. The van der Waals surface area contributed by atoms with Gasteiger partial charge in [0.2, 0.25) is 0 Å². The fraction of sp³-hybridized carbons (Fsp3) is 0.833. The number of halogens is 3. The Balaban J connectivity index is 2.11. The fourth-order valence-corrected chi connectivity index (χ4v) is 2.32. The van der Waals surface area contributed by atoms with Crippen molar-refractivity contribution in [3.63, 3.8) is 0 Å². The quantitative estimate of drug-likeness (QED) is 0.759. The van der Waals surface area contributed by atoms with Crippen LogP contribution in [0.5, 0.6) is 0 Å². The molecule has 0 aromatic heterocycles. The van der Waals surface area contributed by atoms with Crippen molar-refractivity contribution in [3.05, 3.63) is 0 Å². The standard InChI is InChI=1S/C12H16F3NO6/c1-5(17)19-4-6-7(16-10(18)12(13,14)15)8-9(20-6)22-11(2,3)21-8/h6-9H,4H2,1-3H3,(H,16,18)/t6-,7-,8-,9+/m1/s1. The van der Waals surface area contributed by atoms with E-state index >= 15 is 0 Å². The molecule has 2 heterocycles. The number of nitrogens with one attached hydrogen (secondary N) is 1. The number of rotatable bonds is 3. The summed E-state index contributed by atoms with van der Waals surface area (Å²) in [6.07, 6.45) is -7.92. The average molecular weight is 327 g/mol. The van der Waals surface area contributed by atoms with Gasteiger partial charge in [0.25, 0.3) is 0 Å². The molecule has 0 aliphatic carbocycles. The van der Waals surface area contributed by atoms with Crippen molar-refractivity contribution in [2.45, 2.75) is 57.3 Å². The van der Waals surface area contributed by atoms with Crippen LogP contribution in [0.4, 0.5) is 13.2 Å². The Hall–Kier alpha value is -1.39. The molecule has 10 heteroatoms. The molecular formula is C12H16F3NO6. The molecule has 0 spiro atoms. The first-order valence-electron chi connectivity index (χ1n) is 6.52. The van der Waals surface area contributed by atoms with Gasteiger partial charge in [0.15, 0.2) is 12.1 Å². The van der Waals surface area contributed by atoms with Crippen molar-refractivity contribution >= 4 is 11.9 Å². The number of hydrogen-bond donors (Lipinski definition) is 1. The number of carbonyl (C=O) groups is 2. The van der Waals surface area contributed by atoms with Crippen molar-refractivity contribution in [3.8, 4) is 0 Å². The van der Waals surface area contributed by atoms with E-state index in [1.54, 1.807) is 13.8 Å². The summed E-state index contributed by atoms with van der Waals surface area (Å²) in [5.41, 5.74) is 0. The summed E-state index contributed by atoms with van der Waals surface area (Å²) in [4.78, 5) is 22.0. The molecule has 0 saturated carbocycles. The molecular weight excluding hydrogens is 311 g/mol. The SMILES string of the molecule is CC(=O)OC[C@H]1O[C@H]2OC(C)(C)O[C@@H]2[C@@H]1NC(=O)C(F)(F)F. The molecule has 2 aliphatic heterocycles. The van der Waals surface area contributed by atoms with Gasteiger partial charge in [-0.1, -0.05) is 0 Å². The van der Waals surface area contributed by atoms with Crippen LogP contribution in [0.2, 0.25) is 0 Å². The maximum Gasteiger partial charge on any atom is 0.471 e. The van der Waals surface area contributed by atoms with E-state index < -0.39 is 48.4 Å². The van der Waals surface area contributed by atoms with E-state index in [-0.39, 0.29) is 6.61 Å². The molecule has 2 aliphatic rings. The van der Waals surface area contributed by atoms with Crippen LogP contribution in [-0.4, -0.2) is 55.0 Å². The minimum atomic E-state index is -5.04. The van der Waals surface area contributed by atoms with Gasteiger partial charge in [-0.2, -0.15) is 13.2 Å². The van der Waals surface area contributed by atoms with E-state index in [0.29, 0.717) is 0 Å². The van der Waals surface area contributed by atoms with E-state index in [9.17, 15) is 22.8 Å². The van der Waals surface area contributed by atoms with Crippen molar-refractivity contribution in [1.82, 2.24) is 5.32 Å². The lowest BCUT2D eigenvalue weighted by Gasteiger charge is -2.26. The molecule has 1 N–H and O–H groups in total. The van der Waals surface area contributed by atoms with Gasteiger partial charge in [0.1, 0.15) is 18.8 Å². The van der Waals surface area contributed by atoms with E-state index in [4.69, 9.17) is 18.9 Å². The normalized spacial score (nSPS) is 33.4. The van der Waals surface area contributed by atoms with Crippen LogP contribution in [-0.2, 0) is 28.5 Å². The Morgan fingerprint density at radius 2 is 1.91 bits per heavy atom. The third-order valence-electron chi connectivity index (χ3n) is 3.16. The first kappa shape index (κ1) is 17.0. The molecule has 7 nitrogen and oxygen atoms in total. The van der Waals surface area contributed by atoms with Gasteiger partial charge in [0.05, 0.1) is 6.04 Å². The number of fused-ring (bicyclic) bond motifs is 1.